The summed E-state index contributed by atoms with van der Waals surface area (Å²) >= 11 is 0. The van der Waals surface area contributed by atoms with Crippen molar-refractivity contribution in [3.05, 3.63) is 0 Å². The van der Waals surface area contributed by atoms with Crippen LogP contribution < -0.4 is 5.32 Å². The topological polar surface area (TPSA) is 12.0 Å². The highest BCUT2D eigenvalue weighted by atomic mass is 14.9. The van der Waals surface area contributed by atoms with Gasteiger partial charge in [-0.1, -0.05) is 19.5 Å². The number of rotatable bonds is 1. The normalized spacial score (nSPS) is 22.0. The Morgan fingerprint density at radius 3 is 2.11 bits per heavy atom. The zero-order chi connectivity index (χ0) is 6.69. The fourth-order valence-corrected chi connectivity index (χ4v) is 1.51. The second kappa shape index (κ2) is 3.26. The molecule has 52 valence electrons. The number of nitrogens with one attached hydrogen (secondary N) is 1. The first kappa shape index (κ1) is 7.14. The van der Waals surface area contributed by atoms with E-state index >= 15 is 0 Å². The van der Waals surface area contributed by atoms with Gasteiger partial charge in [0, 0.05) is 0 Å². The van der Waals surface area contributed by atoms with E-state index in [-0.39, 0.29) is 0 Å². The Bertz CT molecular complexity index is 77.0. The monoisotopic (exact) mass is 125 g/mol. The summed E-state index contributed by atoms with van der Waals surface area (Å²) in [7, 11) is 0. The molecule has 1 rings (SSSR count). The van der Waals surface area contributed by atoms with Crippen LogP contribution in [0.5, 0.6) is 0 Å². The largest absolute Gasteiger partial charge is 0.317 e. The molecule has 0 aliphatic carbocycles. The van der Waals surface area contributed by atoms with Crippen LogP contribution in [0.1, 0.15) is 12.8 Å². The van der Waals surface area contributed by atoms with Crippen molar-refractivity contribution in [1.82, 2.24) is 5.32 Å². The number of hydrogen-bond acceptors (Lipinski definition) is 1. The average Bonchev–Trinajstić information content (AvgIpc) is 1.90. The molecule has 0 saturated carbocycles. The van der Waals surface area contributed by atoms with Crippen molar-refractivity contribution in [1.29, 1.82) is 0 Å². The van der Waals surface area contributed by atoms with Gasteiger partial charge in [0.2, 0.25) is 0 Å². The molecule has 1 aliphatic heterocycles. The fourth-order valence-electron chi connectivity index (χ4n) is 1.51. The highest BCUT2D eigenvalue weighted by Gasteiger charge is 2.17. The van der Waals surface area contributed by atoms with E-state index in [9.17, 15) is 0 Å². The maximum Gasteiger partial charge on any atom is 0.136 e. The Balaban J connectivity index is 2.23. The average molecular weight is 125 g/mol. The molecule has 1 heterocycles. The summed E-state index contributed by atoms with van der Waals surface area (Å²) in [5, 5.41) is 3.37. The van der Waals surface area contributed by atoms with Crippen LogP contribution in [0, 0.1) is 0 Å². The molecular weight excluding hydrogens is 109 g/mol. The van der Waals surface area contributed by atoms with Crippen molar-refractivity contribution in [3.8, 4) is 0 Å². The molecule has 1 fully saturated rings. The van der Waals surface area contributed by atoms with Gasteiger partial charge in [-0.25, -0.2) is 0 Å². The third-order valence-electron chi connectivity index (χ3n) is 2.33. The highest BCUT2D eigenvalue weighted by Crippen LogP contribution is 2.21. The van der Waals surface area contributed by atoms with Crippen molar-refractivity contribution >= 4 is 6.71 Å². The fraction of sp³-hybridized carbons (Fsp3) is 1.00. The Morgan fingerprint density at radius 2 is 1.78 bits per heavy atom. The van der Waals surface area contributed by atoms with Gasteiger partial charge in [0.15, 0.2) is 0 Å². The van der Waals surface area contributed by atoms with Crippen LogP contribution in [0.15, 0.2) is 0 Å². The van der Waals surface area contributed by atoms with Crippen molar-refractivity contribution in [2.75, 3.05) is 13.1 Å². The Kier molecular flexibility index (Phi) is 2.58. The zero-order valence-electron chi connectivity index (χ0n) is 6.48. The Labute approximate surface area is 58.3 Å². The molecule has 0 atom stereocenters. The quantitative estimate of drug-likeness (QED) is 0.523. The molecule has 0 aromatic heterocycles. The lowest BCUT2D eigenvalue weighted by Crippen LogP contribution is -2.29. The maximum atomic E-state index is 3.37. The minimum atomic E-state index is 0.895. The van der Waals surface area contributed by atoms with E-state index in [1.807, 2.05) is 0 Å². The van der Waals surface area contributed by atoms with Gasteiger partial charge in [-0.3, -0.25) is 0 Å². The predicted octanol–water partition coefficient (Wildman–Crippen LogP) is 1.49. The lowest BCUT2D eigenvalue weighted by atomic mass is 9.43. The molecule has 1 nitrogen and oxygen atoms in total. The van der Waals surface area contributed by atoms with E-state index < -0.39 is 0 Å². The summed E-state index contributed by atoms with van der Waals surface area (Å²) < 4.78 is 0. The van der Waals surface area contributed by atoms with E-state index in [2.05, 4.69) is 19.0 Å². The van der Waals surface area contributed by atoms with E-state index in [0.717, 1.165) is 12.5 Å². The standard InChI is InChI=1S/C7H16BN/c1-8(2)7-3-5-9-6-4-7/h7,9H,3-6H2,1-2H3. The van der Waals surface area contributed by atoms with E-state index in [0.29, 0.717) is 0 Å². The molecule has 0 amide bonds. The molecule has 0 aromatic rings. The summed E-state index contributed by atoms with van der Waals surface area (Å²) in [6.07, 6.45) is 2.77. The number of piperidine rings is 1. The third-order valence-corrected chi connectivity index (χ3v) is 2.33. The summed E-state index contributed by atoms with van der Waals surface area (Å²) in [4.78, 5) is 0. The molecule has 1 saturated heterocycles. The van der Waals surface area contributed by atoms with Crippen LogP contribution in [0.4, 0.5) is 0 Å². The van der Waals surface area contributed by atoms with Crippen molar-refractivity contribution in [3.63, 3.8) is 0 Å². The molecule has 1 aliphatic rings. The summed E-state index contributed by atoms with van der Waals surface area (Å²) in [5.74, 6) is 0.992. The van der Waals surface area contributed by atoms with E-state index in [1.165, 1.54) is 25.9 Å². The van der Waals surface area contributed by atoms with E-state index in [4.69, 9.17) is 0 Å². The predicted molar refractivity (Wildman–Crippen MR) is 43.3 cm³/mol. The van der Waals surface area contributed by atoms with Gasteiger partial charge in [0.25, 0.3) is 0 Å². The van der Waals surface area contributed by atoms with Crippen molar-refractivity contribution in [2.24, 2.45) is 0 Å². The SMILES string of the molecule is CB(C)C1CCNCC1. The molecule has 1 N–H and O–H groups in total. The minimum Gasteiger partial charge on any atom is -0.317 e. The third kappa shape index (κ3) is 2.01. The van der Waals surface area contributed by atoms with Gasteiger partial charge in [-0.2, -0.15) is 0 Å². The van der Waals surface area contributed by atoms with E-state index in [1.54, 1.807) is 0 Å². The maximum absolute atomic E-state index is 3.37. The molecular formula is C7H16BN. The summed E-state index contributed by atoms with van der Waals surface area (Å²) in [6, 6.07) is 0. The second-order valence-electron chi connectivity index (χ2n) is 3.33. The molecule has 0 aromatic carbocycles. The van der Waals surface area contributed by atoms with Gasteiger partial charge in [0.1, 0.15) is 6.71 Å². The lowest BCUT2D eigenvalue weighted by Gasteiger charge is -2.23. The van der Waals surface area contributed by atoms with Gasteiger partial charge < -0.3 is 5.32 Å². The molecule has 0 bridgehead atoms. The summed E-state index contributed by atoms with van der Waals surface area (Å²) in [6.45, 7) is 8.03. The van der Waals surface area contributed by atoms with Gasteiger partial charge in [0.05, 0.1) is 0 Å². The van der Waals surface area contributed by atoms with Crippen LogP contribution in [-0.2, 0) is 0 Å². The first-order chi connectivity index (χ1) is 4.30. The zero-order valence-corrected chi connectivity index (χ0v) is 6.48. The summed E-state index contributed by atoms with van der Waals surface area (Å²) in [5.41, 5.74) is 0. The van der Waals surface area contributed by atoms with Gasteiger partial charge in [-0.05, 0) is 25.9 Å². The van der Waals surface area contributed by atoms with Crippen molar-refractivity contribution in [2.45, 2.75) is 32.3 Å². The van der Waals surface area contributed by atoms with Crippen LogP contribution in [0.25, 0.3) is 0 Å². The van der Waals surface area contributed by atoms with Crippen LogP contribution in [0.3, 0.4) is 0 Å². The van der Waals surface area contributed by atoms with Crippen LogP contribution in [-0.4, -0.2) is 19.8 Å². The van der Waals surface area contributed by atoms with Crippen molar-refractivity contribution < 1.29 is 0 Å². The smallest absolute Gasteiger partial charge is 0.136 e. The van der Waals surface area contributed by atoms with Gasteiger partial charge >= 0.3 is 0 Å². The highest BCUT2D eigenvalue weighted by molar-refractivity contribution is 6.57. The number of hydrogen-bond donors (Lipinski definition) is 1. The molecule has 9 heavy (non-hydrogen) atoms. The molecule has 2 heteroatoms. The molecule has 0 unspecified atom stereocenters. The minimum absolute atomic E-state index is 0.895. The lowest BCUT2D eigenvalue weighted by molar-refractivity contribution is 0.513. The molecule has 0 radical (unpaired) electrons. The van der Waals surface area contributed by atoms with Gasteiger partial charge in [-0.15, -0.1) is 0 Å². The Hall–Kier alpha value is 0.0249. The van der Waals surface area contributed by atoms with Crippen LogP contribution in [0.2, 0.25) is 19.5 Å². The Morgan fingerprint density at radius 1 is 1.22 bits per heavy atom. The first-order valence-corrected chi connectivity index (χ1v) is 4.01. The van der Waals surface area contributed by atoms with Crippen LogP contribution >= 0.6 is 0 Å². The first-order valence-electron chi connectivity index (χ1n) is 4.01. The molecule has 0 spiro atoms. The second-order valence-corrected chi connectivity index (χ2v) is 3.33.